The van der Waals surface area contributed by atoms with Crippen LogP contribution in [0.15, 0.2) is 41.6 Å². The highest BCUT2D eigenvalue weighted by Crippen LogP contribution is 2.30. The lowest BCUT2D eigenvalue weighted by atomic mass is 9.94. The normalized spacial score (nSPS) is 16.9. The SMILES string of the molecule is O=C(Nc1ccc(F)c(Cl)c1)c1cc(S(=O)(=O)N2CCC(O)(CO)CC2)c2[nH]cnc2c1. The van der Waals surface area contributed by atoms with Gasteiger partial charge in [-0.25, -0.2) is 17.8 Å². The number of benzene rings is 2. The van der Waals surface area contributed by atoms with E-state index in [9.17, 15) is 27.8 Å². The van der Waals surface area contributed by atoms with Crippen molar-refractivity contribution in [2.75, 3.05) is 25.0 Å². The Bertz CT molecular complexity index is 1290. The number of hydrogen-bond acceptors (Lipinski definition) is 6. The third kappa shape index (κ3) is 4.21. The maximum Gasteiger partial charge on any atom is 0.255 e. The van der Waals surface area contributed by atoms with E-state index in [1.807, 2.05) is 0 Å². The summed E-state index contributed by atoms with van der Waals surface area (Å²) in [6.07, 6.45) is 1.49. The van der Waals surface area contributed by atoms with E-state index in [2.05, 4.69) is 15.3 Å². The predicted octanol–water partition coefficient (Wildman–Crippen LogP) is 2.12. The molecule has 12 heteroatoms. The van der Waals surface area contributed by atoms with Crippen molar-refractivity contribution < 1.29 is 27.8 Å². The van der Waals surface area contributed by atoms with Gasteiger partial charge in [-0.15, -0.1) is 0 Å². The van der Waals surface area contributed by atoms with Gasteiger partial charge in [0, 0.05) is 24.3 Å². The van der Waals surface area contributed by atoms with Crippen molar-refractivity contribution in [1.29, 1.82) is 0 Å². The fourth-order valence-electron chi connectivity index (χ4n) is 3.57. The number of aromatic nitrogens is 2. The number of anilines is 1. The van der Waals surface area contributed by atoms with Crippen LogP contribution in [0.3, 0.4) is 0 Å². The largest absolute Gasteiger partial charge is 0.393 e. The van der Waals surface area contributed by atoms with Gasteiger partial charge >= 0.3 is 0 Å². The van der Waals surface area contributed by atoms with Gasteiger partial charge in [0.2, 0.25) is 10.0 Å². The molecule has 32 heavy (non-hydrogen) atoms. The van der Waals surface area contributed by atoms with E-state index >= 15 is 0 Å². The molecule has 0 bridgehead atoms. The zero-order valence-electron chi connectivity index (χ0n) is 16.7. The Kier molecular flexibility index (Phi) is 5.94. The first-order valence-electron chi connectivity index (χ1n) is 9.70. The monoisotopic (exact) mass is 482 g/mol. The summed E-state index contributed by atoms with van der Waals surface area (Å²) in [5.41, 5.74) is -0.514. The first-order chi connectivity index (χ1) is 15.1. The number of piperidine rings is 1. The van der Waals surface area contributed by atoms with Crippen LogP contribution in [0.4, 0.5) is 10.1 Å². The number of fused-ring (bicyclic) bond motifs is 1. The lowest BCUT2D eigenvalue weighted by molar-refractivity contribution is -0.0479. The third-order valence-electron chi connectivity index (χ3n) is 5.50. The Morgan fingerprint density at radius 3 is 2.66 bits per heavy atom. The molecule has 1 saturated heterocycles. The molecule has 0 atom stereocenters. The van der Waals surface area contributed by atoms with Crippen molar-refractivity contribution >= 4 is 44.3 Å². The fourth-order valence-corrected chi connectivity index (χ4v) is 5.39. The van der Waals surface area contributed by atoms with E-state index in [0.29, 0.717) is 0 Å². The summed E-state index contributed by atoms with van der Waals surface area (Å²) in [7, 11) is -4.04. The van der Waals surface area contributed by atoms with Crippen molar-refractivity contribution in [3.05, 3.63) is 53.1 Å². The van der Waals surface area contributed by atoms with Crippen molar-refractivity contribution in [2.45, 2.75) is 23.3 Å². The molecule has 2 aromatic carbocycles. The lowest BCUT2D eigenvalue weighted by Crippen LogP contribution is -2.48. The van der Waals surface area contributed by atoms with Gasteiger partial charge in [0.1, 0.15) is 10.7 Å². The molecule has 4 N–H and O–H groups in total. The molecule has 0 spiro atoms. The highest BCUT2D eigenvalue weighted by atomic mass is 35.5. The van der Waals surface area contributed by atoms with Gasteiger partial charge in [0.15, 0.2) is 0 Å². The molecule has 9 nitrogen and oxygen atoms in total. The number of aliphatic hydroxyl groups is 2. The van der Waals surface area contributed by atoms with E-state index in [1.165, 1.54) is 34.9 Å². The van der Waals surface area contributed by atoms with Gasteiger partial charge in [0.05, 0.1) is 34.6 Å². The number of carbonyl (C=O) groups excluding carboxylic acids is 1. The topological polar surface area (TPSA) is 136 Å². The Labute approximate surface area is 187 Å². The Hall–Kier alpha value is -2.57. The number of H-pyrrole nitrogens is 1. The number of hydrogen-bond donors (Lipinski definition) is 4. The smallest absolute Gasteiger partial charge is 0.255 e. The highest BCUT2D eigenvalue weighted by Gasteiger charge is 2.37. The molecule has 2 heterocycles. The van der Waals surface area contributed by atoms with E-state index < -0.39 is 34.0 Å². The Morgan fingerprint density at radius 1 is 1.28 bits per heavy atom. The van der Waals surface area contributed by atoms with Gasteiger partial charge in [-0.3, -0.25) is 4.79 Å². The molecule has 0 aliphatic carbocycles. The van der Waals surface area contributed by atoms with Crippen LogP contribution in [0.2, 0.25) is 5.02 Å². The standard InChI is InChI=1S/C20H20ClFN4O5S/c21-14-9-13(1-2-15(14)22)25-19(28)12-7-16-18(24-11-23-16)17(8-12)32(30,31)26-5-3-20(29,10-27)4-6-26/h1-2,7-9,11,27,29H,3-6,10H2,(H,23,24)(H,25,28). The van der Waals surface area contributed by atoms with Gasteiger partial charge in [-0.1, -0.05) is 11.6 Å². The van der Waals surface area contributed by atoms with Gasteiger partial charge in [0.25, 0.3) is 5.91 Å². The van der Waals surface area contributed by atoms with Gasteiger partial charge < -0.3 is 20.5 Å². The van der Waals surface area contributed by atoms with Gasteiger partial charge in [-0.05, 0) is 43.2 Å². The third-order valence-corrected chi connectivity index (χ3v) is 7.71. The molecule has 0 saturated carbocycles. The van der Waals surface area contributed by atoms with Crippen LogP contribution in [0.25, 0.3) is 11.0 Å². The second-order valence-corrected chi connectivity index (χ2v) is 9.95. The van der Waals surface area contributed by atoms with E-state index in [4.69, 9.17) is 11.6 Å². The molecule has 4 rings (SSSR count). The summed E-state index contributed by atoms with van der Waals surface area (Å²) in [6.45, 7) is -0.423. The maximum absolute atomic E-state index is 13.4. The number of imidazole rings is 1. The number of aliphatic hydroxyl groups excluding tert-OH is 1. The number of rotatable bonds is 5. The number of halogens is 2. The van der Waals surface area contributed by atoms with Crippen molar-refractivity contribution in [1.82, 2.24) is 14.3 Å². The molecule has 170 valence electrons. The summed E-state index contributed by atoms with van der Waals surface area (Å²) in [5.74, 6) is -1.26. The fraction of sp³-hybridized carbons (Fsp3) is 0.300. The predicted molar refractivity (Wildman–Crippen MR) is 115 cm³/mol. The van der Waals surface area contributed by atoms with Crippen LogP contribution < -0.4 is 5.32 Å². The molecule has 1 aliphatic rings. The average Bonchev–Trinajstić information content (AvgIpc) is 3.24. The van der Waals surface area contributed by atoms with Crippen LogP contribution in [0.5, 0.6) is 0 Å². The minimum Gasteiger partial charge on any atom is -0.393 e. The van der Waals surface area contributed by atoms with E-state index in [0.717, 1.165) is 6.07 Å². The van der Waals surface area contributed by atoms with Gasteiger partial charge in [-0.2, -0.15) is 4.31 Å². The maximum atomic E-state index is 13.4. The zero-order valence-corrected chi connectivity index (χ0v) is 18.2. The quantitative estimate of drug-likeness (QED) is 0.440. The molecule has 0 unspecified atom stereocenters. The molecular formula is C20H20ClFN4O5S. The number of nitrogens with one attached hydrogen (secondary N) is 2. The first-order valence-corrected chi connectivity index (χ1v) is 11.5. The highest BCUT2D eigenvalue weighted by molar-refractivity contribution is 7.89. The number of carbonyl (C=O) groups is 1. The molecule has 1 aliphatic heterocycles. The van der Waals surface area contributed by atoms with Crippen molar-refractivity contribution in [3.8, 4) is 0 Å². The van der Waals surface area contributed by atoms with Crippen LogP contribution in [0, 0.1) is 5.82 Å². The summed E-state index contributed by atoms with van der Waals surface area (Å²) in [6, 6.07) is 6.36. The number of aromatic amines is 1. The Morgan fingerprint density at radius 2 is 2.00 bits per heavy atom. The van der Waals surface area contributed by atoms with E-state index in [1.54, 1.807) is 0 Å². The van der Waals surface area contributed by atoms with Crippen molar-refractivity contribution in [2.24, 2.45) is 0 Å². The summed E-state index contributed by atoms with van der Waals surface area (Å²) < 4.78 is 41.3. The van der Waals surface area contributed by atoms with Crippen molar-refractivity contribution in [3.63, 3.8) is 0 Å². The summed E-state index contributed by atoms with van der Waals surface area (Å²) in [5, 5.41) is 21.9. The second kappa shape index (κ2) is 8.41. The zero-order chi connectivity index (χ0) is 23.1. The minimum atomic E-state index is -4.04. The van der Waals surface area contributed by atoms with Crippen LogP contribution in [-0.4, -0.2) is 64.1 Å². The van der Waals surface area contributed by atoms with Crippen LogP contribution in [0.1, 0.15) is 23.2 Å². The number of sulfonamides is 1. The molecule has 1 amide bonds. The summed E-state index contributed by atoms with van der Waals surface area (Å²) >= 11 is 5.75. The summed E-state index contributed by atoms with van der Waals surface area (Å²) in [4.78, 5) is 19.5. The molecule has 1 aromatic heterocycles. The number of amides is 1. The molecule has 1 fully saturated rings. The molecular weight excluding hydrogens is 463 g/mol. The van der Waals surface area contributed by atoms with E-state index in [-0.39, 0.29) is 58.1 Å². The first kappa shape index (κ1) is 22.6. The Balaban J connectivity index is 1.67. The average molecular weight is 483 g/mol. The number of nitrogens with zero attached hydrogens (tertiary/aromatic N) is 2. The van der Waals surface area contributed by atoms with Crippen LogP contribution >= 0.6 is 11.6 Å². The minimum absolute atomic E-state index is 0.0134. The molecule has 0 radical (unpaired) electrons. The second-order valence-electron chi connectivity index (χ2n) is 7.64. The molecule has 3 aromatic rings. The van der Waals surface area contributed by atoms with Crippen LogP contribution in [-0.2, 0) is 10.0 Å². The lowest BCUT2D eigenvalue weighted by Gasteiger charge is -2.36.